The first-order valence-electron chi connectivity index (χ1n) is 8.51. The van der Waals surface area contributed by atoms with Crippen LogP contribution in [-0.2, 0) is 20.9 Å². The van der Waals surface area contributed by atoms with Gasteiger partial charge in [-0.2, -0.15) is 0 Å². The molecule has 2 aliphatic heterocycles. The molecule has 6 nitrogen and oxygen atoms in total. The molecular formula is C17H25N3O3S. The predicted molar refractivity (Wildman–Crippen MR) is 91.6 cm³/mol. The zero-order valence-corrected chi connectivity index (χ0v) is 15.2. The maximum absolute atomic E-state index is 13.0. The largest absolute Gasteiger partial charge is 0.384 e. The van der Waals surface area contributed by atoms with Crippen molar-refractivity contribution in [2.24, 2.45) is 5.41 Å². The number of hydrogen-bond donors (Lipinski definition) is 0. The van der Waals surface area contributed by atoms with Crippen molar-refractivity contribution in [3.8, 4) is 0 Å². The second-order valence-corrected chi connectivity index (χ2v) is 7.84. The number of thiazole rings is 1. The monoisotopic (exact) mass is 351 g/mol. The summed E-state index contributed by atoms with van der Waals surface area (Å²) in [6.07, 6.45) is 3.01. The van der Waals surface area contributed by atoms with Gasteiger partial charge < -0.3 is 14.5 Å². The topological polar surface area (TPSA) is 62.7 Å². The number of ether oxygens (including phenoxy) is 1. The van der Waals surface area contributed by atoms with Crippen LogP contribution in [0.1, 0.15) is 36.4 Å². The van der Waals surface area contributed by atoms with Crippen LogP contribution in [0.15, 0.2) is 5.38 Å². The number of aromatic nitrogens is 1. The van der Waals surface area contributed by atoms with Gasteiger partial charge >= 0.3 is 0 Å². The van der Waals surface area contributed by atoms with Gasteiger partial charge in [0.1, 0.15) is 0 Å². The van der Waals surface area contributed by atoms with E-state index in [9.17, 15) is 9.59 Å². The van der Waals surface area contributed by atoms with Crippen molar-refractivity contribution in [1.82, 2.24) is 14.8 Å². The van der Waals surface area contributed by atoms with Crippen LogP contribution >= 0.6 is 11.3 Å². The second kappa shape index (κ2) is 7.19. The summed E-state index contributed by atoms with van der Waals surface area (Å²) in [5.41, 5.74) is 0.582. The van der Waals surface area contributed by atoms with E-state index in [-0.39, 0.29) is 17.2 Å². The molecule has 0 aromatic carbocycles. The fraction of sp³-hybridized carbons (Fsp3) is 0.706. The molecular weight excluding hydrogens is 326 g/mol. The highest BCUT2D eigenvalue weighted by molar-refractivity contribution is 7.09. The molecule has 3 rings (SSSR count). The van der Waals surface area contributed by atoms with E-state index in [1.165, 1.54) is 0 Å². The molecule has 1 spiro atoms. The molecule has 24 heavy (non-hydrogen) atoms. The molecule has 1 unspecified atom stereocenters. The SMILES string of the molecule is COCCC(=O)N1CCCC2(CCN(Cc3csc(C)n3)C2=O)C1. The number of likely N-dealkylation sites (tertiary alicyclic amines) is 2. The Balaban J connectivity index is 1.65. The van der Waals surface area contributed by atoms with Crippen molar-refractivity contribution < 1.29 is 14.3 Å². The molecule has 0 bridgehead atoms. The third-order valence-corrected chi connectivity index (χ3v) is 5.89. The van der Waals surface area contributed by atoms with Crippen molar-refractivity contribution in [1.29, 1.82) is 0 Å². The van der Waals surface area contributed by atoms with Crippen molar-refractivity contribution >= 4 is 23.2 Å². The molecule has 1 aromatic rings. The average molecular weight is 351 g/mol. The van der Waals surface area contributed by atoms with Crippen LogP contribution in [-0.4, -0.2) is 59.9 Å². The lowest BCUT2D eigenvalue weighted by molar-refractivity contribution is -0.144. The van der Waals surface area contributed by atoms with Crippen LogP contribution in [0.3, 0.4) is 0 Å². The molecule has 7 heteroatoms. The van der Waals surface area contributed by atoms with Crippen molar-refractivity contribution in [3.05, 3.63) is 16.1 Å². The summed E-state index contributed by atoms with van der Waals surface area (Å²) in [5.74, 6) is 0.287. The van der Waals surface area contributed by atoms with Gasteiger partial charge in [0.05, 0.1) is 35.7 Å². The number of hydrogen-bond acceptors (Lipinski definition) is 5. The van der Waals surface area contributed by atoms with E-state index >= 15 is 0 Å². The van der Waals surface area contributed by atoms with Crippen molar-refractivity contribution in [2.75, 3.05) is 33.4 Å². The van der Waals surface area contributed by atoms with Gasteiger partial charge in [-0.1, -0.05) is 0 Å². The number of rotatable bonds is 5. The number of carbonyl (C=O) groups is 2. The Morgan fingerprint density at radius 3 is 2.96 bits per heavy atom. The highest BCUT2D eigenvalue weighted by atomic mass is 32.1. The lowest BCUT2D eigenvalue weighted by Gasteiger charge is -2.39. The Labute approximate surface area is 146 Å². The summed E-state index contributed by atoms with van der Waals surface area (Å²) < 4.78 is 5.00. The van der Waals surface area contributed by atoms with Gasteiger partial charge in [0.15, 0.2) is 0 Å². The Kier molecular flexibility index (Phi) is 5.20. The summed E-state index contributed by atoms with van der Waals surface area (Å²) in [7, 11) is 1.60. The smallest absolute Gasteiger partial charge is 0.231 e. The van der Waals surface area contributed by atoms with E-state index in [2.05, 4.69) is 4.98 Å². The Bertz CT molecular complexity index is 618. The quantitative estimate of drug-likeness (QED) is 0.812. The van der Waals surface area contributed by atoms with Gasteiger partial charge in [-0.3, -0.25) is 9.59 Å². The third kappa shape index (κ3) is 3.47. The second-order valence-electron chi connectivity index (χ2n) is 6.78. The van der Waals surface area contributed by atoms with Crippen LogP contribution in [0.5, 0.6) is 0 Å². The molecule has 2 amide bonds. The van der Waals surface area contributed by atoms with E-state index < -0.39 is 0 Å². The van der Waals surface area contributed by atoms with E-state index in [1.807, 2.05) is 22.1 Å². The van der Waals surface area contributed by atoms with Crippen LogP contribution in [0.4, 0.5) is 0 Å². The fourth-order valence-electron chi connectivity index (χ4n) is 3.79. The van der Waals surface area contributed by atoms with Crippen LogP contribution < -0.4 is 0 Å². The molecule has 2 aliphatic rings. The fourth-order valence-corrected chi connectivity index (χ4v) is 4.39. The van der Waals surface area contributed by atoms with Gasteiger partial charge in [0.2, 0.25) is 11.8 Å². The summed E-state index contributed by atoms with van der Waals surface area (Å²) in [6.45, 7) is 5.07. The first-order valence-corrected chi connectivity index (χ1v) is 9.39. The zero-order chi connectivity index (χ0) is 17.2. The lowest BCUT2D eigenvalue weighted by atomic mass is 9.78. The Morgan fingerprint density at radius 1 is 1.42 bits per heavy atom. The summed E-state index contributed by atoms with van der Waals surface area (Å²) in [6, 6.07) is 0. The van der Waals surface area contributed by atoms with Crippen LogP contribution in [0.25, 0.3) is 0 Å². The van der Waals surface area contributed by atoms with Gasteiger partial charge in [0.25, 0.3) is 0 Å². The standard InChI is InChI=1S/C17H25N3O3S/c1-13-18-14(11-24-13)10-19-8-6-17(16(19)22)5-3-7-20(12-17)15(21)4-9-23-2/h11H,3-10,12H2,1-2H3. The molecule has 1 aromatic heterocycles. The van der Waals surface area contributed by atoms with Gasteiger partial charge in [-0.25, -0.2) is 4.98 Å². The average Bonchev–Trinajstić information content (AvgIpc) is 3.12. The number of amides is 2. The van der Waals surface area contributed by atoms with Crippen molar-refractivity contribution in [2.45, 2.75) is 39.2 Å². The van der Waals surface area contributed by atoms with Gasteiger partial charge in [0, 0.05) is 32.1 Å². The minimum Gasteiger partial charge on any atom is -0.384 e. The molecule has 0 radical (unpaired) electrons. The first-order chi connectivity index (χ1) is 11.5. The number of nitrogens with zero attached hydrogens (tertiary/aromatic N) is 3. The van der Waals surface area contributed by atoms with Crippen LogP contribution in [0.2, 0.25) is 0 Å². The minimum absolute atomic E-state index is 0.0947. The molecule has 132 valence electrons. The molecule has 2 saturated heterocycles. The normalized spacial score (nSPS) is 24.2. The number of carbonyl (C=O) groups excluding carboxylic acids is 2. The minimum atomic E-state index is -0.383. The predicted octanol–water partition coefficient (Wildman–Crippen LogP) is 1.83. The number of methoxy groups -OCH3 is 1. The molecule has 0 aliphatic carbocycles. The lowest BCUT2D eigenvalue weighted by Crippen LogP contribution is -2.49. The highest BCUT2D eigenvalue weighted by Gasteiger charge is 2.49. The van der Waals surface area contributed by atoms with Crippen molar-refractivity contribution in [3.63, 3.8) is 0 Å². The molecule has 2 fully saturated rings. The first kappa shape index (κ1) is 17.4. The zero-order valence-electron chi connectivity index (χ0n) is 14.4. The summed E-state index contributed by atoms with van der Waals surface area (Å²) in [5, 5.41) is 3.05. The van der Waals surface area contributed by atoms with Crippen LogP contribution in [0, 0.1) is 12.3 Å². The summed E-state index contributed by atoms with van der Waals surface area (Å²) in [4.78, 5) is 33.5. The maximum atomic E-state index is 13.0. The highest BCUT2D eigenvalue weighted by Crippen LogP contribution is 2.40. The number of aryl methyl sites for hydroxylation is 1. The third-order valence-electron chi connectivity index (χ3n) is 5.07. The molecule has 0 N–H and O–H groups in total. The van der Waals surface area contributed by atoms with E-state index in [0.29, 0.717) is 26.1 Å². The molecule has 3 heterocycles. The van der Waals surface area contributed by atoms with E-state index in [0.717, 1.165) is 43.1 Å². The molecule has 0 saturated carbocycles. The van der Waals surface area contributed by atoms with E-state index in [4.69, 9.17) is 4.74 Å². The number of piperidine rings is 1. The Morgan fingerprint density at radius 2 is 2.25 bits per heavy atom. The van der Waals surface area contributed by atoms with E-state index in [1.54, 1.807) is 18.4 Å². The van der Waals surface area contributed by atoms with Gasteiger partial charge in [-0.15, -0.1) is 11.3 Å². The Hall–Kier alpha value is -1.47. The van der Waals surface area contributed by atoms with Gasteiger partial charge in [-0.05, 0) is 26.2 Å². The maximum Gasteiger partial charge on any atom is 0.231 e. The summed E-state index contributed by atoms with van der Waals surface area (Å²) >= 11 is 1.61. The molecule has 1 atom stereocenters.